The lowest BCUT2D eigenvalue weighted by molar-refractivity contribution is -0.137. The molecule has 1 aromatic carbocycles. The van der Waals surface area contributed by atoms with E-state index in [0.717, 1.165) is 58.0 Å². The van der Waals surface area contributed by atoms with Gasteiger partial charge in [-0.05, 0) is 11.6 Å². The molecule has 2 aliphatic rings. The molecule has 27 heavy (non-hydrogen) atoms. The predicted molar refractivity (Wildman–Crippen MR) is 98.6 cm³/mol. The minimum atomic E-state index is -4.30. The first-order valence-corrected chi connectivity index (χ1v) is 9.21. The molecule has 2 saturated heterocycles. The minimum absolute atomic E-state index is 0.168. The number of nitrogens with zero attached hydrogens (tertiary/aromatic N) is 3. The molecule has 0 aromatic heterocycles. The molecule has 3 rings (SSSR count). The molecular weight excluding hydrogens is 357 g/mol. The molecule has 0 spiro atoms. The van der Waals surface area contributed by atoms with Gasteiger partial charge in [0.2, 0.25) is 0 Å². The van der Waals surface area contributed by atoms with E-state index in [1.165, 1.54) is 12.1 Å². The fourth-order valence-corrected chi connectivity index (χ4v) is 3.40. The fourth-order valence-electron chi connectivity index (χ4n) is 3.40. The van der Waals surface area contributed by atoms with Crippen molar-refractivity contribution in [3.8, 4) is 0 Å². The van der Waals surface area contributed by atoms with Crippen LogP contribution in [0.5, 0.6) is 0 Å². The normalized spacial score (nSPS) is 21.1. The number of hydrogen-bond donors (Lipinski definition) is 1. The second kappa shape index (κ2) is 8.06. The van der Waals surface area contributed by atoms with Crippen molar-refractivity contribution in [2.75, 3.05) is 53.0 Å². The molecule has 2 heterocycles. The maximum Gasteiger partial charge on any atom is 0.416 e. The number of halogens is 3. The number of nitrogens with one attached hydrogen (secondary N) is 1. The number of aliphatic imine (C=N–C) groups is 1. The predicted octanol–water partition coefficient (Wildman–Crippen LogP) is 2.43. The first-order chi connectivity index (χ1) is 12.8. The van der Waals surface area contributed by atoms with Crippen LogP contribution in [0.2, 0.25) is 0 Å². The van der Waals surface area contributed by atoms with Crippen molar-refractivity contribution in [3.05, 3.63) is 35.4 Å². The van der Waals surface area contributed by atoms with Gasteiger partial charge in [0.15, 0.2) is 5.96 Å². The molecule has 2 aliphatic heterocycles. The van der Waals surface area contributed by atoms with Gasteiger partial charge < -0.3 is 15.0 Å². The first kappa shape index (κ1) is 19.9. The Balaban J connectivity index is 1.49. The van der Waals surface area contributed by atoms with E-state index >= 15 is 0 Å². The molecular formula is C19H27F3N4O. The Hall–Kier alpha value is -1.80. The molecule has 0 unspecified atom stereocenters. The van der Waals surface area contributed by atoms with Crippen LogP contribution in [0.1, 0.15) is 18.1 Å². The molecule has 1 N–H and O–H groups in total. The topological polar surface area (TPSA) is 40.1 Å². The molecule has 0 radical (unpaired) electrons. The van der Waals surface area contributed by atoms with Crippen molar-refractivity contribution in [3.63, 3.8) is 0 Å². The van der Waals surface area contributed by atoms with Gasteiger partial charge in [0.05, 0.1) is 18.8 Å². The summed E-state index contributed by atoms with van der Waals surface area (Å²) in [7, 11) is 1.77. The van der Waals surface area contributed by atoms with Crippen LogP contribution in [0.15, 0.2) is 29.3 Å². The third kappa shape index (κ3) is 5.13. The zero-order valence-corrected chi connectivity index (χ0v) is 15.9. The smallest absolute Gasteiger partial charge is 0.380 e. The van der Waals surface area contributed by atoms with E-state index in [0.29, 0.717) is 12.1 Å². The highest BCUT2D eigenvalue weighted by Crippen LogP contribution is 2.30. The lowest BCUT2D eigenvalue weighted by Gasteiger charge is -2.41. The van der Waals surface area contributed by atoms with Crippen LogP contribution < -0.4 is 5.32 Å². The van der Waals surface area contributed by atoms with Gasteiger partial charge in [0.1, 0.15) is 0 Å². The molecule has 0 saturated carbocycles. The molecule has 5 nitrogen and oxygen atoms in total. The van der Waals surface area contributed by atoms with Crippen LogP contribution in [-0.2, 0) is 17.5 Å². The largest absolute Gasteiger partial charge is 0.416 e. The summed E-state index contributed by atoms with van der Waals surface area (Å²) < 4.78 is 43.9. The lowest BCUT2D eigenvalue weighted by Crippen LogP contribution is -2.55. The summed E-state index contributed by atoms with van der Waals surface area (Å²) in [4.78, 5) is 8.75. The third-order valence-electron chi connectivity index (χ3n) is 5.12. The Morgan fingerprint density at radius 1 is 1.22 bits per heavy atom. The Bertz CT molecular complexity index is 665. The monoisotopic (exact) mass is 384 g/mol. The van der Waals surface area contributed by atoms with E-state index in [1.54, 1.807) is 13.1 Å². The third-order valence-corrected chi connectivity index (χ3v) is 5.12. The van der Waals surface area contributed by atoms with E-state index in [4.69, 9.17) is 4.74 Å². The fraction of sp³-hybridized carbons (Fsp3) is 0.632. The standard InChI is InChI=1S/C19H27F3N4O/c1-18(13-27-14-18)12-24-17(23-2)26-8-6-25(7-9-26)11-15-4-3-5-16(10-15)19(20,21)22/h3-5,10H,6-9,11-14H2,1-2H3,(H,23,24). The maximum absolute atomic E-state index is 12.9. The van der Waals surface area contributed by atoms with E-state index < -0.39 is 11.7 Å². The van der Waals surface area contributed by atoms with Gasteiger partial charge in [-0.15, -0.1) is 0 Å². The molecule has 150 valence electrons. The number of hydrogen-bond acceptors (Lipinski definition) is 3. The van der Waals surface area contributed by atoms with Gasteiger partial charge in [-0.1, -0.05) is 25.1 Å². The van der Waals surface area contributed by atoms with Crippen molar-refractivity contribution in [2.45, 2.75) is 19.6 Å². The molecule has 0 amide bonds. The van der Waals surface area contributed by atoms with Crippen molar-refractivity contribution in [1.29, 1.82) is 0 Å². The number of piperazine rings is 1. The second-order valence-corrected chi connectivity index (χ2v) is 7.67. The van der Waals surface area contributed by atoms with Crippen LogP contribution in [0, 0.1) is 5.41 Å². The Morgan fingerprint density at radius 2 is 1.93 bits per heavy atom. The van der Waals surface area contributed by atoms with Crippen molar-refractivity contribution < 1.29 is 17.9 Å². The van der Waals surface area contributed by atoms with Gasteiger partial charge in [-0.3, -0.25) is 9.89 Å². The maximum atomic E-state index is 12.9. The molecule has 0 bridgehead atoms. The van der Waals surface area contributed by atoms with Gasteiger partial charge in [0, 0.05) is 51.7 Å². The summed E-state index contributed by atoms with van der Waals surface area (Å²) in [5.74, 6) is 0.877. The highest BCUT2D eigenvalue weighted by molar-refractivity contribution is 5.80. The van der Waals surface area contributed by atoms with Crippen LogP contribution >= 0.6 is 0 Å². The van der Waals surface area contributed by atoms with E-state index in [2.05, 4.69) is 27.0 Å². The highest BCUT2D eigenvalue weighted by atomic mass is 19.4. The van der Waals surface area contributed by atoms with E-state index in [9.17, 15) is 13.2 Å². The van der Waals surface area contributed by atoms with Crippen molar-refractivity contribution in [2.24, 2.45) is 10.4 Å². The minimum Gasteiger partial charge on any atom is -0.380 e. The zero-order chi connectivity index (χ0) is 19.5. The SMILES string of the molecule is CN=C(NCC1(C)COC1)N1CCN(Cc2cccc(C(F)(F)F)c2)CC1. The number of alkyl halides is 3. The summed E-state index contributed by atoms with van der Waals surface area (Å²) in [6.07, 6.45) is -4.30. The van der Waals surface area contributed by atoms with Gasteiger partial charge in [-0.25, -0.2) is 0 Å². The van der Waals surface area contributed by atoms with Crippen LogP contribution in [0.25, 0.3) is 0 Å². The van der Waals surface area contributed by atoms with Crippen molar-refractivity contribution >= 4 is 5.96 Å². The number of rotatable bonds is 4. The molecule has 0 aliphatic carbocycles. The Kier molecular flexibility index (Phi) is 5.95. The second-order valence-electron chi connectivity index (χ2n) is 7.67. The summed E-state index contributed by atoms with van der Waals surface area (Å²) in [5.41, 5.74) is 0.275. The number of guanidine groups is 1. The average Bonchev–Trinajstić information content (AvgIpc) is 2.61. The van der Waals surface area contributed by atoms with Crippen LogP contribution in [0.4, 0.5) is 13.2 Å². The van der Waals surface area contributed by atoms with E-state index in [1.807, 2.05) is 0 Å². The first-order valence-electron chi connectivity index (χ1n) is 9.21. The Labute approximate surface area is 158 Å². The average molecular weight is 384 g/mol. The van der Waals surface area contributed by atoms with Gasteiger partial charge in [0.25, 0.3) is 0 Å². The van der Waals surface area contributed by atoms with Crippen molar-refractivity contribution in [1.82, 2.24) is 15.1 Å². The summed E-state index contributed by atoms with van der Waals surface area (Å²) in [6.45, 7) is 8.24. The highest BCUT2D eigenvalue weighted by Gasteiger charge is 2.34. The van der Waals surface area contributed by atoms with E-state index in [-0.39, 0.29) is 5.41 Å². The molecule has 1 aromatic rings. The molecule has 8 heteroatoms. The summed E-state index contributed by atoms with van der Waals surface area (Å²) >= 11 is 0. The number of ether oxygens (including phenoxy) is 1. The van der Waals surface area contributed by atoms with Crippen LogP contribution in [-0.4, -0.2) is 68.7 Å². The zero-order valence-electron chi connectivity index (χ0n) is 15.9. The number of benzene rings is 1. The molecule has 0 atom stereocenters. The van der Waals surface area contributed by atoms with Crippen LogP contribution in [0.3, 0.4) is 0 Å². The van der Waals surface area contributed by atoms with Gasteiger partial charge >= 0.3 is 6.18 Å². The molecule has 2 fully saturated rings. The summed E-state index contributed by atoms with van der Waals surface area (Å²) in [5, 5.41) is 3.42. The lowest BCUT2D eigenvalue weighted by atomic mass is 9.89. The summed E-state index contributed by atoms with van der Waals surface area (Å²) in [6, 6.07) is 5.59. The quantitative estimate of drug-likeness (QED) is 0.640. The Morgan fingerprint density at radius 3 is 2.48 bits per heavy atom. The van der Waals surface area contributed by atoms with Gasteiger partial charge in [-0.2, -0.15) is 13.2 Å².